The number of nitriles is 1. The standard InChI is InChI=1S/C16H23N3O2S/c1-16(2,3)22(20,21)15(12-17)13-18-10-6-14(7-11-18)19-8-4-5-9-19/h4-5,8-9,13-14H,6-7,10-11H2,1-3H3/b15-13+. The Hall–Kier alpha value is -1.74. The first kappa shape index (κ1) is 16.6. The minimum atomic E-state index is -3.59. The van der Waals surface area contributed by atoms with E-state index in [-0.39, 0.29) is 4.91 Å². The molecule has 22 heavy (non-hydrogen) atoms. The van der Waals surface area contributed by atoms with Gasteiger partial charge < -0.3 is 9.47 Å². The SMILES string of the molecule is CC(C)(C)S(=O)(=O)/C(C#N)=C/N1CCC(n2cccc2)CC1. The minimum Gasteiger partial charge on any atom is -0.376 e. The highest BCUT2D eigenvalue weighted by molar-refractivity contribution is 7.96. The molecule has 6 heteroatoms. The molecule has 0 aromatic carbocycles. The van der Waals surface area contributed by atoms with E-state index < -0.39 is 14.6 Å². The third kappa shape index (κ3) is 3.36. The first-order valence-corrected chi connectivity index (χ1v) is 8.97. The Morgan fingerprint density at radius 2 is 1.77 bits per heavy atom. The van der Waals surface area contributed by atoms with Gasteiger partial charge in [-0.05, 0) is 45.7 Å². The van der Waals surface area contributed by atoms with Gasteiger partial charge in [0.05, 0.1) is 4.75 Å². The van der Waals surface area contributed by atoms with E-state index in [1.807, 2.05) is 23.1 Å². The predicted molar refractivity (Wildman–Crippen MR) is 86.6 cm³/mol. The summed E-state index contributed by atoms with van der Waals surface area (Å²) in [5, 5.41) is 9.23. The Bertz CT molecular complexity index is 668. The van der Waals surface area contributed by atoms with Crippen molar-refractivity contribution < 1.29 is 8.42 Å². The molecule has 0 atom stereocenters. The van der Waals surface area contributed by atoms with Crippen LogP contribution in [0.2, 0.25) is 0 Å². The van der Waals surface area contributed by atoms with Gasteiger partial charge in [-0.3, -0.25) is 0 Å². The number of nitrogens with zero attached hydrogens (tertiary/aromatic N) is 3. The second-order valence-corrected chi connectivity index (χ2v) is 9.29. The number of hydrogen-bond acceptors (Lipinski definition) is 4. The van der Waals surface area contributed by atoms with Crippen LogP contribution in [0, 0.1) is 11.3 Å². The van der Waals surface area contributed by atoms with Gasteiger partial charge in [-0.25, -0.2) is 8.42 Å². The fourth-order valence-corrected chi connectivity index (χ4v) is 3.63. The van der Waals surface area contributed by atoms with Crippen LogP contribution < -0.4 is 0 Å². The lowest BCUT2D eigenvalue weighted by Gasteiger charge is -2.32. The van der Waals surface area contributed by atoms with Crippen LogP contribution >= 0.6 is 0 Å². The average molecular weight is 321 g/mol. The molecule has 1 saturated heterocycles. The molecule has 5 nitrogen and oxygen atoms in total. The summed E-state index contributed by atoms with van der Waals surface area (Å²) in [7, 11) is -3.59. The van der Waals surface area contributed by atoms with Gasteiger partial charge in [-0.1, -0.05) is 0 Å². The van der Waals surface area contributed by atoms with Crippen LogP contribution in [0.25, 0.3) is 0 Å². The van der Waals surface area contributed by atoms with Gasteiger partial charge in [-0.2, -0.15) is 5.26 Å². The summed E-state index contributed by atoms with van der Waals surface area (Å²) in [4.78, 5) is 1.81. The van der Waals surface area contributed by atoms with Crippen molar-refractivity contribution in [2.24, 2.45) is 0 Å². The van der Waals surface area contributed by atoms with Crippen LogP contribution in [0.1, 0.15) is 39.7 Å². The Balaban J connectivity index is 2.09. The molecule has 0 spiro atoms. The molecule has 1 fully saturated rings. The quantitative estimate of drug-likeness (QED) is 0.803. The molecule has 0 unspecified atom stereocenters. The highest BCUT2D eigenvalue weighted by Gasteiger charge is 2.34. The molecule has 2 heterocycles. The van der Waals surface area contributed by atoms with E-state index in [0.717, 1.165) is 25.9 Å². The van der Waals surface area contributed by atoms with E-state index in [1.54, 1.807) is 20.8 Å². The first-order valence-electron chi connectivity index (χ1n) is 7.49. The first-order chi connectivity index (χ1) is 10.3. The molecule has 0 N–H and O–H groups in total. The summed E-state index contributed by atoms with van der Waals surface area (Å²) in [5.41, 5.74) is 0. The van der Waals surface area contributed by atoms with E-state index in [1.165, 1.54) is 6.20 Å². The van der Waals surface area contributed by atoms with E-state index in [9.17, 15) is 13.7 Å². The van der Waals surface area contributed by atoms with Gasteiger partial charge in [0.15, 0.2) is 14.7 Å². The molecule has 0 radical (unpaired) electrons. The number of aromatic nitrogens is 1. The maximum absolute atomic E-state index is 12.4. The monoisotopic (exact) mass is 321 g/mol. The summed E-state index contributed by atoms with van der Waals surface area (Å²) in [6.07, 6.45) is 7.52. The number of allylic oxidation sites excluding steroid dienone is 1. The normalized spacial score (nSPS) is 18.3. The van der Waals surface area contributed by atoms with Gasteiger partial charge in [-0.15, -0.1) is 0 Å². The van der Waals surface area contributed by atoms with Crippen LogP contribution in [0.5, 0.6) is 0 Å². The highest BCUT2D eigenvalue weighted by Crippen LogP contribution is 2.26. The summed E-state index contributed by atoms with van der Waals surface area (Å²) in [6, 6.07) is 6.33. The van der Waals surface area contributed by atoms with Crippen molar-refractivity contribution in [1.29, 1.82) is 5.26 Å². The molecule has 0 amide bonds. The van der Waals surface area contributed by atoms with Crippen molar-refractivity contribution in [1.82, 2.24) is 9.47 Å². The fraction of sp³-hybridized carbons (Fsp3) is 0.562. The zero-order valence-electron chi connectivity index (χ0n) is 13.4. The zero-order valence-corrected chi connectivity index (χ0v) is 14.2. The molecule has 1 aliphatic rings. The Kier molecular flexibility index (Phi) is 4.66. The smallest absolute Gasteiger partial charge is 0.194 e. The van der Waals surface area contributed by atoms with Crippen LogP contribution in [0.15, 0.2) is 35.6 Å². The molecule has 1 aromatic rings. The van der Waals surface area contributed by atoms with Crippen LogP contribution in [-0.4, -0.2) is 35.7 Å². The lowest BCUT2D eigenvalue weighted by Crippen LogP contribution is -2.33. The zero-order chi connectivity index (χ0) is 16.4. The molecule has 1 aliphatic heterocycles. The molecule has 1 aromatic heterocycles. The van der Waals surface area contributed by atoms with Gasteiger partial charge in [0.25, 0.3) is 0 Å². The molecular formula is C16H23N3O2S. The van der Waals surface area contributed by atoms with Gasteiger partial charge >= 0.3 is 0 Å². The summed E-state index contributed by atoms with van der Waals surface area (Å²) >= 11 is 0. The van der Waals surface area contributed by atoms with Crippen molar-refractivity contribution in [3.8, 4) is 6.07 Å². The average Bonchev–Trinajstić information content (AvgIpc) is 2.98. The number of hydrogen-bond donors (Lipinski definition) is 0. The number of piperidine rings is 1. The molecule has 120 valence electrons. The van der Waals surface area contributed by atoms with E-state index >= 15 is 0 Å². The second kappa shape index (κ2) is 6.17. The third-order valence-corrected chi connectivity index (χ3v) is 6.44. The van der Waals surface area contributed by atoms with Crippen LogP contribution in [-0.2, 0) is 9.84 Å². The van der Waals surface area contributed by atoms with Crippen molar-refractivity contribution in [3.05, 3.63) is 35.6 Å². The van der Waals surface area contributed by atoms with Crippen molar-refractivity contribution in [2.45, 2.75) is 44.4 Å². The Morgan fingerprint density at radius 1 is 1.23 bits per heavy atom. The third-order valence-electron chi connectivity index (χ3n) is 4.05. The van der Waals surface area contributed by atoms with E-state index in [0.29, 0.717) is 6.04 Å². The molecule has 2 rings (SSSR count). The minimum absolute atomic E-state index is 0.139. The van der Waals surface area contributed by atoms with Crippen LogP contribution in [0.4, 0.5) is 0 Å². The van der Waals surface area contributed by atoms with E-state index in [4.69, 9.17) is 0 Å². The fourth-order valence-electron chi connectivity index (χ4n) is 2.56. The molecule has 0 bridgehead atoms. The second-order valence-electron chi connectivity index (χ2n) is 6.62. The van der Waals surface area contributed by atoms with Gasteiger partial charge in [0.1, 0.15) is 6.07 Å². The highest BCUT2D eigenvalue weighted by atomic mass is 32.2. The summed E-state index contributed by atoms with van der Waals surface area (Å²) in [5.74, 6) is 0. The lowest BCUT2D eigenvalue weighted by atomic mass is 10.1. The van der Waals surface area contributed by atoms with Crippen molar-refractivity contribution >= 4 is 9.84 Å². The van der Waals surface area contributed by atoms with Gasteiger partial charge in [0, 0.05) is 37.7 Å². The Morgan fingerprint density at radius 3 is 2.23 bits per heavy atom. The number of likely N-dealkylation sites (tertiary alicyclic amines) is 1. The number of rotatable bonds is 3. The van der Waals surface area contributed by atoms with Crippen molar-refractivity contribution in [2.75, 3.05) is 13.1 Å². The van der Waals surface area contributed by atoms with E-state index in [2.05, 4.69) is 17.0 Å². The predicted octanol–water partition coefficient (Wildman–Crippen LogP) is 2.70. The van der Waals surface area contributed by atoms with Crippen LogP contribution in [0.3, 0.4) is 0 Å². The summed E-state index contributed by atoms with van der Waals surface area (Å²) < 4.78 is 26.0. The Labute approximate surface area is 132 Å². The summed E-state index contributed by atoms with van der Waals surface area (Å²) in [6.45, 7) is 6.37. The van der Waals surface area contributed by atoms with Crippen molar-refractivity contribution in [3.63, 3.8) is 0 Å². The van der Waals surface area contributed by atoms with Gasteiger partial charge in [0.2, 0.25) is 0 Å². The maximum Gasteiger partial charge on any atom is 0.194 e. The molecular weight excluding hydrogens is 298 g/mol. The topological polar surface area (TPSA) is 66.1 Å². The molecule has 0 saturated carbocycles. The number of sulfone groups is 1. The molecule has 0 aliphatic carbocycles. The largest absolute Gasteiger partial charge is 0.376 e. The lowest BCUT2D eigenvalue weighted by molar-refractivity contribution is 0.244. The maximum atomic E-state index is 12.4.